The van der Waals surface area contributed by atoms with Crippen LogP contribution in [0.15, 0.2) is 41.2 Å². The number of unbranched alkanes of at least 4 members (excludes halogenated alkanes) is 1. The number of carboxylic acids is 1. The molecule has 6 nitrogen and oxygen atoms in total. The Hall–Kier alpha value is -2.89. The van der Waals surface area contributed by atoms with Crippen LogP contribution in [-0.2, 0) is 23.3 Å². The van der Waals surface area contributed by atoms with Crippen LogP contribution in [0.4, 0.5) is 0 Å². The first-order chi connectivity index (χ1) is 13.3. The third kappa shape index (κ3) is 4.16. The molecule has 1 aromatic heterocycles. The lowest BCUT2D eigenvalue weighted by molar-refractivity contribution is -0.144. The number of aromatic nitrogens is 1. The number of aliphatic carboxylic acids is 1. The van der Waals surface area contributed by atoms with E-state index in [9.17, 15) is 19.5 Å². The molecule has 2 N–H and O–H groups in total. The molecule has 0 bridgehead atoms. The number of hydrogen-bond donors (Lipinski definition) is 2. The zero-order valence-electron chi connectivity index (χ0n) is 16.9. The first kappa shape index (κ1) is 21.4. The fraction of sp³-hybridized carbons (Fsp3) is 0.409. The van der Waals surface area contributed by atoms with Crippen LogP contribution >= 0.6 is 0 Å². The van der Waals surface area contributed by atoms with E-state index in [0.717, 1.165) is 24.1 Å². The van der Waals surface area contributed by atoms with Gasteiger partial charge < -0.3 is 15.0 Å². The van der Waals surface area contributed by atoms with E-state index in [1.54, 1.807) is 41.0 Å². The van der Waals surface area contributed by atoms with Gasteiger partial charge in [-0.05, 0) is 43.9 Å². The lowest BCUT2D eigenvalue weighted by Crippen LogP contribution is -2.51. The molecule has 1 aromatic carbocycles. The molecule has 6 heteroatoms. The first-order valence-electron chi connectivity index (χ1n) is 9.61. The molecule has 0 fully saturated rings. The third-order valence-electron chi connectivity index (χ3n) is 5.07. The second-order valence-electron chi connectivity index (χ2n) is 7.10. The van der Waals surface area contributed by atoms with E-state index in [-0.39, 0.29) is 11.1 Å². The summed E-state index contributed by atoms with van der Waals surface area (Å²) in [6.07, 6.45) is 2.44. The highest BCUT2D eigenvalue weighted by molar-refractivity contribution is 5.98. The molecule has 0 saturated heterocycles. The highest BCUT2D eigenvalue weighted by Gasteiger charge is 2.37. The standard InChI is InChI=1S/C22H28N2O4/c1-5-7-13-24-18(6-2)15(3)14-17(20(24)26)19(25)23-22(4,21(27)28)16-11-9-8-10-12-16/h8-12,14H,5-7,13H2,1-4H3,(H,23,25)(H,27,28). The van der Waals surface area contributed by atoms with Gasteiger partial charge >= 0.3 is 5.97 Å². The number of hydrogen-bond acceptors (Lipinski definition) is 3. The molecule has 1 atom stereocenters. The van der Waals surface area contributed by atoms with Crippen molar-refractivity contribution in [3.05, 3.63) is 69.1 Å². The SMILES string of the molecule is CCCCn1c(CC)c(C)cc(C(=O)NC(C)(C(=O)O)c2ccccc2)c1=O. The molecule has 0 spiro atoms. The van der Waals surface area contributed by atoms with E-state index >= 15 is 0 Å². The summed E-state index contributed by atoms with van der Waals surface area (Å²) >= 11 is 0. The fourth-order valence-corrected chi connectivity index (χ4v) is 3.34. The molecular weight excluding hydrogens is 356 g/mol. The maximum atomic E-state index is 13.0. The Morgan fingerprint density at radius 3 is 2.36 bits per heavy atom. The van der Waals surface area contributed by atoms with Crippen LogP contribution in [0.3, 0.4) is 0 Å². The van der Waals surface area contributed by atoms with Gasteiger partial charge in [0, 0.05) is 12.2 Å². The molecule has 1 amide bonds. The Morgan fingerprint density at radius 1 is 1.18 bits per heavy atom. The average Bonchev–Trinajstić information content (AvgIpc) is 2.68. The van der Waals surface area contributed by atoms with Gasteiger partial charge in [-0.3, -0.25) is 9.59 Å². The van der Waals surface area contributed by atoms with Crippen molar-refractivity contribution in [1.29, 1.82) is 0 Å². The number of nitrogens with one attached hydrogen (secondary N) is 1. The minimum Gasteiger partial charge on any atom is -0.479 e. The number of carboxylic acid groups (broad SMARTS) is 1. The summed E-state index contributed by atoms with van der Waals surface area (Å²) in [6.45, 7) is 7.84. The number of rotatable bonds is 8. The quantitative estimate of drug-likeness (QED) is 0.731. The summed E-state index contributed by atoms with van der Waals surface area (Å²) in [5.74, 6) is -1.88. The fourth-order valence-electron chi connectivity index (χ4n) is 3.34. The Morgan fingerprint density at radius 2 is 1.82 bits per heavy atom. The second kappa shape index (κ2) is 8.87. The number of aryl methyl sites for hydroxylation is 1. The van der Waals surface area contributed by atoms with Gasteiger partial charge in [0.2, 0.25) is 0 Å². The Kier molecular flexibility index (Phi) is 6.78. The maximum absolute atomic E-state index is 13.0. The van der Waals surface area contributed by atoms with E-state index in [1.165, 1.54) is 6.92 Å². The number of benzene rings is 1. The minimum absolute atomic E-state index is 0.0331. The van der Waals surface area contributed by atoms with Gasteiger partial charge in [-0.1, -0.05) is 50.6 Å². The first-order valence-corrected chi connectivity index (χ1v) is 9.61. The lowest BCUT2D eigenvalue weighted by atomic mass is 9.91. The normalized spacial score (nSPS) is 13.0. The van der Waals surface area contributed by atoms with Crippen LogP contribution < -0.4 is 10.9 Å². The summed E-state index contributed by atoms with van der Waals surface area (Å²) in [7, 11) is 0. The number of carbonyl (C=O) groups excluding carboxylic acids is 1. The monoisotopic (exact) mass is 384 g/mol. The molecule has 2 rings (SSSR count). The Bertz CT molecular complexity index is 918. The van der Waals surface area contributed by atoms with Gasteiger partial charge in [0.25, 0.3) is 11.5 Å². The van der Waals surface area contributed by atoms with Crippen LogP contribution in [0.1, 0.15) is 60.8 Å². The van der Waals surface area contributed by atoms with E-state index in [1.807, 2.05) is 20.8 Å². The molecule has 0 aliphatic heterocycles. The molecule has 1 unspecified atom stereocenters. The zero-order valence-corrected chi connectivity index (χ0v) is 16.9. The van der Waals surface area contributed by atoms with Crippen LogP contribution in [0.25, 0.3) is 0 Å². The van der Waals surface area contributed by atoms with Crippen molar-refractivity contribution >= 4 is 11.9 Å². The third-order valence-corrected chi connectivity index (χ3v) is 5.07. The van der Waals surface area contributed by atoms with Crippen LogP contribution in [-0.4, -0.2) is 21.6 Å². The maximum Gasteiger partial charge on any atom is 0.333 e. The Balaban J connectivity index is 2.50. The van der Waals surface area contributed by atoms with Crippen molar-refractivity contribution in [1.82, 2.24) is 9.88 Å². The second-order valence-corrected chi connectivity index (χ2v) is 7.10. The molecule has 28 heavy (non-hydrogen) atoms. The molecule has 0 aliphatic carbocycles. The lowest BCUT2D eigenvalue weighted by Gasteiger charge is -2.27. The van der Waals surface area contributed by atoms with Gasteiger partial charge in [0.1, 0.15) is 5.56 Å². The molecule has 1 heterocycles. The van der Waals surface area contributed by atoms with Crippen molar-refractivity contribution < 1.29 is 14.7 Å². The van der Waals surface area contributed by atoms with Crippen LogP contribution in [0, 0.1) is 6.92 Å². The van der Waals surface area contributed by atoms with Crippen molar-refractivity contribution in [2.45, 2.75) is 59.0 Å². The number of pyridine rings is 1. The summed E-state index contributed by atoms with van der Waals surface area (Å²) in [5, 5.41) is 12.3. The predicted octanol–water partition coefficient (Wildman–Crippen LogP) is 3.25. The van der Waals surface area contributed by atoms with Gasteiger partial charge in [-0.15, -0.1) is 0 Å². The van der Waals surface area contributed by atoms with Crippen molar-refractivity contribution in [3.8, 4) is 0 Å². The summed E-state index contributed by atoms with van der Waals surface area (Å²) in [5.41, 5.74) is 0.128. The largest absolute Gasteiger partial charge is 0.479 e. The molecular formula is C22H28N2O4. The average molecular weight is 384 g/mol. The molecule has 0 aliphatic rings. The highest BCUT2D eigenvalue weighted by atomic mass is 16.4. The van der Waals surface area contributed by atoms with Crippen molar-refractivity contribution in [2.24, 2.45) is 0 Å². The topological polar surface area (TPSA) is 88.4 Å². The van der Waals surface area contributed by atoms with Crippen LogP contribution in [0.2, 0.25) is 0 Å². The van der Waals surface area contributed by atoms with Crippen molar-refractivity contribution in [3.63, 3.8) is 0 Å². The highest BCUT2D eigenvalue weighted by Crippen LogP contribution is 2.22. The summed E-state index contributed by atoms with van der Waals surface area (Å²) in [4.78, 5) is 37.9. The van der Waals surface area contributed by atoms with Crippen molar-refractivity contribution in [2.75, 3.05) is 0 Å². The zero-order chi connectivity index (χ0) is 20.9. The van der Waals surface area contributed by atoms with Gasteiger partial charge in [-0.25, -0.2) is 4.79 Å². The van der Waals surface area contributed by atoms with E-state index < -0.39 is 17.4 Å². The summed E-state index contributed by atoms with van der Waals surface area (Å²) in [6, 6.07) is 10.0. The summed E-state index contributed by atoms with van der Waals surface area (Å²) < 4.78 is 1.65. The van der Waals surface area contributed by atoms with Gasteiger partial charge in [0.15, 0.2) is 5.54 Å². The molecule has 2 aromatic rings. The van der Waals surface area contributed by atoms with Crippen LogP contribution in [0.5, 0.6) is 0 Å². The molecule has 0 radical (unpaired) electrons. The smallest absolute Gasteiger partial charge is 0.333 e. The molecule has 0 saturated carbocycles. The van der Waals surface area contributed by atoms with E-state index in [0.29, 0.717) is 18.5 Å². The minimum atomic E-state index is -1.64. The Labute approximate surface area is 165 Å². The number of nitrogens with zero attached hydrogens (tertiary/aromatic N) is 1. The molecule has 150 valence electrons. The van der Waals surface area contributed by atoms with Gasteiger partial charge in [0.05, 0.1) is 0 Å². The number of carbonyl (C=O) groups is 2. The van der Waals surface area contributed by atoms with E-state index in [4.69, 9.17) is 0 Å². The number of amides is 1. The van der Waals surface area contributed by atoms with E-state index in [2.05, 4.69) is 5.32 Å². The van der Waals surface area contributed by atoms with Gasteiger partial charge in [-0.2, -0.15) is 0 Å². The predicted molar refractivity (Wildman–Crippen MR) is 109 cm³/mol.